The highest BCUT2D eigenvalue weighted by Gasteiger charge is 2.12. The third kappa shape index (κ3) is 3.54. The molecule has 3 heterocycles. The normalized spacial score (nSPS) is 11.0. The number of aryl methyl sites for hydroxylation is 2. The number of fused-ring (bicyclic) bond motifs is 1. The number of aromatic nitrogens is 4. The highest BCUT2D eigenvalue weighted by molar-refractivity contribution is 7.15. The van der Waals surface area contributed by atoms with Crippen LogP contribution in [0.2, 0.25) is 0 Å². The summed E-state index contributed by atoms with van der Waals surface area (Å²) in [5, 5.41) is 11.9. The third-order valence-corrected chi connectivity index (χ3v) is 4.21. The summed E-state index contributed by atoms with van der Waals surface area (Å²) in [6.07, 6.45) is 2.94. The number of nitrogens with zero attached hydrogens (tertiary/aromatic N) is 4. The van der Waals surface area contributed by atoms with Crippen molar-refractivity contribution in [1.29, 1.82) is 0 Å². The molecule has 0 aliphatic heterocycles. The minimum Gasteiger partial charge on any atom is -0.377 e. The molecule has 0 aromatic carbocycles. The van der Waals surface area contributed by atoms with Crippen LogP contribution in [0.25, 0.3) is 5.65 Å². The van der Waals surface area contributed by atoms with E-state index in [0.29, 0.717) is 24.6 Å². The molecule has 7 nitrogen and oxygen atoms in total. The molecule has 3 rings (SSSR count). The van der Waals surface area contributed by atoms with Crippen molar-refractivity contribution < 1.29 is 9.53 Å². The van der Waals surface area contributed by atoms with E-state index in [1.165, 1.54) is 11.3 Å². The summed E-state index contributed by atoms with van der Waals surface area (Å²) in [6, 6.07) is 5.86. The van der Waals surface area contributed by atoms with E-state index < -0.39 is 0 Å². The van der Waals surface area contributed by atoms with Gasteiger partial charge in [-0.05, 0) is 25.5 Å². The summed E-state index contributed by atoms with van der Waals surface area (Å²) in [7, 11) is 1.60. The van der Waals surface area contributed by atoms with Gasteiger partial charge in [0.1, 0.15) is 17.3 Å². The van der Waals surface area contributed by atoms with Gasteiger partial charge in [-0.2, -0.15) is 0 Å². The zero-order chi connectivity index (χ0) is 16.2. The predicted molar refractivity (Wildman–Crippen MR) is 87.5 cm³/mol. The second kappa shape index (κ2) is 6.84. The molecular formula is C15H17N5O2S. The largest absolute Gasteiger partial charge is 0.377 e. The van der Waals surface area contributed by atoms with Crippen LogP contribution in [0.4, 0.5) is 5.13 Å². The number of methoxy groups -OCH3 is 1. The topological polar surface area (TPSA) is 81.4 Å². The van der Waals surface area contributed by atoms with Crippen molar-refractivity contribution in [3.8, 4) is 0 Å². The molecule has 1 N–H and O–H groups in total. The van der Waals surface area contributed by atoms with Gasteiger partial charge in [-0.25, -0.2) is 4.98 Å². The zero-order valence-corrected chi connectivity index (χ0v) is 13.8. The van der Waals surface area contributed by atoms with Crippen LogP contribution in [-0.4, -0.2) is 32.6 Å². The van der Waals surface area contributed by atoms with Crippen LogP contribution in [-0.2, 0) is 22.6 Å². The van der Waals surface area contributed by atoms with Gasteiger partial charge in [-0.15, -0.1) is 10.2 Å². The number of pyridine rings is 1. The Hall–Kier alpha value is -2.32. The smallest absolute Gasteiger partial charge is 0.226 e. The molecule has 23 heavy (non-hydrogen) atoms. The van der Waals surface area contributed by atoms with E-state index in [1.54, 1.807) is 7.11 Å². The van der Waals surface area contributed by atoms with E-state index in [-0.39, 0.29) is 5.91 Å². The summed E-state index contributed by atoms with van der Waals surface area (Å²) in [5.41, 5.74) is 2.89. The lowest BCUT2D eigenvalue weighted by molar-refractivity contribution is -0.116. The first-order valence-electron chi connectivity index (χ1n) is 7.21. The molecule has 0 spiro atoms. The molecule has 0 fully saturated rings. The Morgan fingerprint density at radius 2 is 2.26 bits per heavy atom. The number of imidazole rings is 1. The zero-order valence-electron chi connectivity index (χ0n) is 12.9. The van der Waals surface area contributed by atoms with E-state index in [2.05, 4.69) is 20.5 Å². The minimum absolute atomic E-state index is 0.0876. The number of anilines is 1. The summed E-state index contributed by atoms with van der Waals surface area (Å²) >= 11 is 1.32. The molecule has 0 atom stereocenters. The van der Waals surface area contributed by atoms with Crippen molar-refractivity contribution in [2.75, 3.05) is 12.4 Å². The Morgan fingerprint density at radius 3 is 3.09 bits per heavy atom. The Morgan fingerprint density at radius 1 is 1.39 bits per heavy atom. The molecule has 3 aromatic rings. The van der Waals surface area contributed by atoms with Crippen molar-refractivity contribution >= 4 is 28.0 Å². The lowest BCUT2D eigenvalue weighted by Gasteiger charge is -2.03. The van der Waals surface area contributed by atoms with Crippen LogP contribution in [0.1, 0.15) is 22.8 Å². The number of nitrogens with one attached hydrogen (secondary N) is 1. The van der Waals surface area contributed by atoms with Gasteiger partial charge in [0.2, 0.25) is 11.0 Å². The van der Waals surface area contributed by atoms with Gasteiger partial charge in [0.05, 0.1) is 5.69 Å². The number of hydrogen-bond acceptors (Lipinski definition) is 6. The second-order valence-corrected chi connectivity index (χ2v) is 6.12. The average Bonchev–Trinajstić information content (AvgIpc) is 3.09. The van der Waals surface area contributed by atoms with Crippen molar-refractivity contribution in [3.05, 3.63) is 40.8 Å². The van der Waals surface area contributed by atoms with E-state index in [1.807, 2.05) is 35.7 Å². The van der Waals surface area contributed by atoms with Crippen LogP contribution < -0.4 is 5.32 Å². The molecular weight excluding hydrogens is 314 g/mol. The maximum atomic E-state index is 12.1. The average molecular weight is 331 g/mol. The minimum atomic E-state index is -0.0876. The summed E-state index contributed by atoms with van der Waals surface area (Å²) in [6.45, 7) is 2.36. The van der Waals surface area contributed by atoms with Crippen molar-refractivity contribution in [2.24, 2.45) is 0 Å². The van der Waals surface area contributed by atoms with Crippen molar-refractivity contribution in [2.45, 2.75) is 26.4 Å². The molecule has 0 aliphatic rings. The van der Waals surface area contributed by atoms with E-state index in [4.69, 9.17) is 4.74 Å². The first-order valence-corrected chi connectivity index (χ1v) is 8.02. The maximum absolute atomic E-state index is 12.1. The fraction of sp³-hybridized carbons (Fsp3) is 0.333. The Balaban J connectivity index is 1.62. The SMILES string of the molecule is COCc1nnc(NC(=O)CCc2c(C)nc3ccccn23)s1. The third-order valence-electron chi connectivity index (χ3n) is 3.40. The molecule has 120 valence electrons. The van der Waals surface area contributed by atoms with Gasteiger partial charge in [0, 0.05) is 25.4 Å². The molecule has 1 amide bonds. The van der Waals surface area contributed by atoms with Gasteiger partial charge in [0.15, 0.2) is 0 Å². The number of carbonyl (C=O) groups is 1. The molecule has 8 heteroatoms. The lowest BCUT2D eigenvalue weighted by Crippen LogP contribution is -2.13. The van der Waals surface area contributed by atoms with Gasteiger partial charge in [-0.3, -0.25) is 4.79 Å². The fourth-order valence-corrected chi connectivity index (χ4v) is 3.09. The monoisotopic (exact) mass is 331 g/mol. The van der Waals surface area contributed by atoms with Crippen molar-refractivity contribution in [3.63, 3.8) is 0 Å². The van der Waals surface area contributed by atoms with Gasteiger partial charge in [-0.1, -0.05) is 17.4 Å². The highest BCUT2D eigenvalue weighted by atomic mass is 32.1. The van der Waals surface area contributed by atoms with E-state index >= 15 is 0 Å². The number of rotatable bonds is 6. The maximum Gasteiger partial charge on any atom is 0.226 e. The van der Waals surface area contributed by atoms with Gasteiger partial charge in [0.25, 0.3) is 0 Å². The molecule has 0 saturated carbocycles. The molecule has 3 aromatic heterocycles. The standard InChI is InChI=1S/C15H17N5O2S/c1-10-11(20-8-4-3-5-12(20)16-10)6-7-13(21)17-15-19-18-14(23-15)9-22-2/h3-5,8H,6-7,9H2,1-2H3,(H,17,19,21). The van der Waals surface area contributed by atoms with Crippen LogP contribution in [0.15, 0.2) is 24.4 Å². The number of ether oxygens (including phenoxy) is 1. The second-order valence-electron chi connectivity index (χ2n) is 5.05. The first-order chi connectivity index (χ1) is 11.2. The quantitative estimate of drug-likeness (QED) is 0.749. The summed E-state index contributed by atoms with van der Waals surface area (Å²) < 4.78 is 7.00. The Labute approximate surface area is 137 Å². The molecule has 0 saturated heterocycles. The summed E-state index contributed by atoms with van der Waals surface area (Å²) in [5.74, 6) is -0.0876. The Kier molecular flexibility index (Phi) is 4.63. The molecule has 0 unspecified atom stereocenters. The molecule has 0 bridgehead atoms. The number of amides is 1. The molecule has 0 aliphatic carbocycles. The lowest BCUT2D eigenvalue weighted by atomic mass is 10.2. The van der Waals surface area contributed by atoms with Crippen LogP contribution in [0.3, 0.4) is 0 Å². The van der Waals surface area contributed by atoms with E-state index in [0.717, 1.165) is 22.0 Å². The van der Waals surface area contributed by atoms with Gasteiger partial charge < -0.3 is 14.5 Å². The highest BCUT2D eigenvalue weighted by Crippen LogP contribution is 2.17. The predicted octanol–water partition coefficient (Wildman–Crippen LogP) is 2.21. The first kappa shape index (κ1) is 15.6. The summed E-state index contributed by atoms with van der Waals surface area (Å²) in [4.78, 5) is 16.6. The Bertz CT molecular complexity index is 826. The van der Waals surface area contributed by atoms with Crippen LogP contribution in [0.5, 0.6) is 0 Å². The van der Waals surface area contributed by atoms with Crippen molar-refractivity contribution in [1.82, 2.24) is 19.6 Å². The fourth-order valence-electron chi connectivity index (χ4n) is 2.37. The van der Waals surface area contributed by atoms with Crippen LogP contribution in [0, 0.1) is 6.92 Å². The van der Waals surface area contributed by atoms with E-state index in [9.17, 15) is 4.79 Å². The van der Waals surface area contributed by atoms with Crippen LogP contribution >= 0.6 is 11.3 Å². The number of carbonyl (C=O) groups excluding carboxylic acids is 1. The number of hydrogen-bond donors (Lipinski definition) is 1. The van der Waals surface area contributed by atoms with Gasteiger partial charge >= 0.3 is 0 Å². The molecule has 0 radical (unpaired) electrons.